The van der Waals surface area contributed by atoms with Crippen molar-refractivity contribution in [1.82, 2.24) is 14.9 Å². The number of carbonyl (C=O) groups is 2. The van der Waals surface area contributed by atoms with E-state index in [2.05, 4.69) is 10.6 Å². The topological polar surface area (TPSA) is 105 Å². The van der Waals surface area contributed by atoms with Crippen LogP contribution < -0.4 is 10.6 Å². The van der Waals surface area contributed by atoms with Crippen molar-refractivity contribution in [2.24, 2.45) is 0 Å². The number of benzene rings is 1. The summed E-state index contributed by atoms with van der Waals surface area (Å²) in [6, 6.07) is 6.13. The van der Waals surface area contributed by atoms with Crippen LogP contribution in [0, 0.1) is 0 Å². The first-order valence-corrected chi connectivity index (χ1v) is 9.44. The van der Waals surface area contributed by atoms with Crippen LogP contribution in [0.25, 0.3) is 0 Å². The van der Waals surface area contributed by atoms with E-state index in [-0.39, 0.29) is 17.5 Å². The third-order valence-electron chi connectivity index (χ3n) is 3.88. The van der Waals surface area contributed by atoms with Crippen molar-refractivity contribution >= 4 is 21.8 Å². The fourth-order valence-corrected chi connectivity index (χ4v) is 3.25. The Morgan fingerprint density at radius 3 is 2.36 bits per heavy atom. The monoisotopic (exact) mass is 369 g/mol. The predicted molar refractivity (Wildman–Crippen MR) is 91.1 cm³/mol. The van der Waals surface area contributed by atoms with E-state index in [9.17, 15) is 18.0 Å². The van der Waals surface area contributed by atoms with Crippen molar-refractivity contribution in [3.63, 3.8) is 0 Å². The van der Waals surface area contributed by atoms with Crippen molar-refractivity contribution in [2.75, 3.05) is 27.2 Å². The molecule has 1 atom stereocenters. The highest BCUT2D eigenvalue weighted by Crippen LogP contribution is 2.14. The maximum absolute atomic E-state index is 12.0. The summed E-state index contributed by atoms with van der Waals surface area (Å²) in [5.74, 6) is -1.44. The standard InChI is InChI=1S/C16H23N3O5S/c1-19(2)25(22,23)14-7-5-12(6-8-14)10-17-15(20)16(21)18-11-13-4-3-9-24-13/h5-8,13H,3-4,9-11H2,1-2H3,(H,17,20)(H,18,21)/t13-/m0/s1. The summed E-state index contributed by atoms with van der Waals surface area (Å²) in [5.41, 5.74) is 0.693. The van der Waals surface area contributed by atoms with Crippen LogP contribution in [-0.4, -0.2) is 57.9 Å². The third kappa shape index (κ3) is 5.25. The van der Waals surface area contributed by atoms with Gasteiger partial charge in [-0.05, 0) is 30.5 Å². The molecule has 0 unspecified atom stereocenters. The third-order valence-corrected chi connectivity index (χ3v) is 5.70. The summed E-state index contributed by atoms with van der Waals surface area (Å²) >= 11 is 0. The lowest BCUT2D eigenvalue weighted by Crippen LogP contribution is -2.42. The van der Waals surface area contributed by atoms with Crippen LogP contribution in [0.4, 0.5) is 0 Å². The first-order valence-electron chi connectivity index (χ1n) is 8.00. The average Bonchev–Trinajstić information content (AvgIpc) is 3.11. The molecule has 138 valence electrons. The number of hydrogen-bond acceptors (Lipinski definition) is 5. The highest BCUT2D eigenvalue weighted by atomic mass is 32.2. The van der Waals surface area contributed by atoms with Crippen LogP contribution in [0.1, 0.15) is 18.4 Å². The Labute approximate surface area is 147 Å². The lowest BCUT2D eigenvalue weighted by atomic mass is 10.2. The quantitative estimate of drug-likeness (QED) is 0.679. The summed E-state index contributed by atoms with van der Waals surface area (Å²) in [4.78, 5) is 23.7. The van der Waals surface area contributed by atoms with Crippen molar-refractivity contribution in [3.05, 3.63) is 29.8 Å². The van der Waals surface area contributed by atoms with Crippen LogP contribution in [0.5, 0.6) is 0 Å². The zero-order valence-electron chi connectivity index (χ0n) is 14.3. The number of ether oxygens (including phenoxy) is 1. The number of nitrogens with zero attached hydrogens (tertiary/aromatic N) is 1. The molecule has 0 aliphatic carbocycles. The molecular weight excluding hydrogens is 346 g/mol. The molecule has 9 heteroatoms. The van der Waals surface area contributed by atoms with Gasteiger partial charge in [-0.2, -0.15) is 0 Å². The summed E-state index contributed by atoms with van der Waals surface area (Å²) in [6.45, 7) is 1.14. The van der Waals surface area contributed by atoms with Gasteiger partial charge in [0.1, 0.15) is 0 Å². The van der Waals surface area contributed by atoms with Crippen LogP contribution in [-0.2, 0) is 30.9 Å². The molecule has 25 heavy (non-hydrogen) atoms. The van der Waals surface area contributed by atoms with Crippen molar-refractivity contribution in [3.8, 4) is 0 Å². The first-order chi connectivity index (χ1) is 11.8. The van der Waals surface area contributed by atoms with E-state index in [1.54, 1.807) is 12.1 Å². The molecule has 0 saturated carbocycles. The molecule has 0 radical (unpaired) electrons. The molecule has 1 fully saturated rings. The predicted octanol–water partition coefficient (Wildman–Crippen LogP) is -0.152. The van der Waals surface area contributed by atoms with E-state index in [0.717, 1.165) is 17.1 Å². The van der Waals surface area contributed by atoms with E-state index in [1.807, 2.05) is 0 Å². The first kappa shape index (κ1) is 19.4. The molecule has 2 N–H and O–H groups in total. The van der Waals surface area contributed by atoms with E-state index in [0.29, 0.717) is 18.7 Å². The lowest BCUT2D eigenvalue weighted by Gasteiger charge is -2.12. The smallest absolute Gasteiger partial charge is 0.309 e. The SMILES string of the molecule is CN(C)S(=O)(=O)c1ccc(CNC(=O)C(=O)NC[C@@H]2CCCO2)cc1. The lowest BCUT2D eigenvalue weighted by molar-refractivity contribution is -0.139. The van der Waals surface area contributed by atoms with Gasteiger partial charge in [0.05, 0.1) is 11.0 Å². The Kier molecular flexibility index (Phi) is 6.51. The average molecular weight is 369 g/mol. The van der Waals surface area contributed by atoms with Gasteiger partial charge in [0, 0.05) is 33.8 Å². The molecule has 1 saturated heterocycles. The van der Waals surface area contributed by atoms with Gasteiger partial charge < -0.3 is 15.4 Å². The van der Waals surface area contributed by atoms with Crippen LogP contribution >= 0.6 is 0 Å². The highest BCUT2D eigenvalue weighted by molar-refractivity contribution is 7.89. The fraction of sp³-hybridized carbons (Fsp3) is 0.500. The van der Waals surface area contributed by atoms with Gasteiger partial charge in [-0.15, -0.1) is 0 Å². The summed E-state index contributed by atoms with van der Waals surface area (Å²) in [5, 5.41) is 5.04. The van der Waals surface area contributed by atoms with E-state index < -0.39 is 21.8 Å². The van der Waals surface area contributed by atoms with Crippen LogP contribution in [0.2, 0.25) is 0 Å². The number of rotatable bonds is 6. The molecule has 1 aliphatic heterocycles. The van der Waals surface area contributed by atoms with E-state index >= 15 is 0 Å². The van der Waals surface area contributed by atoms with Gasteiger partial charge in [0.2, 0.25) is 10.0 Å². The second kappa shape index (κ2) is 8.41. The summed E-state index contributed by atoms with van der Waals surface area (Å²) in [6.07, 6.45) is 1.82. The molecule has 1 aromatic rings. The number of amides is 2. The van der Waals surface area contributed by atoms with E-state index in [4.69, 9.17) is 4.74 Å². The van der Waals surface area contributed by atoms with Gasteiger partial charge in [-0.25, -0.2) is 12.7 Å². The molecular formula is C16H23N3O5S. The molecule has 1 heterocycles. The molecule has 8 nitrogen and oxygen atoms in total. The summed E-state index contributed by atoms with van der Waals surface area (Å²) in [7, 11) is -0.570. The molecule has 1 aromatic carbocycles. The molecule has 2 rings (SSSR count). The minimum absolute atomic E-state index is 0.0251. The normalized spacial score (nSPS) is 17.5. The minimum atomic E-state index is -3.48. The Morgan fingerprint density at radius 2 is 1.80 bits per heavy atom. The number of nitrogens with one attached hydrogen (secondary N) is 2. The Morgan fingerprint density at radius 1 is 1.16 bits per heavy atom. The van der Waals surface area contributed by atoms with Crippen LogP contribution in [0.15, 0.2) is 29.2 Å². The van der Waals surface area contributed by atoms with E-state index in [1.165, 1.54) is 26.2 Å². The zero-order valence-corrected chi connectivity index (χ0v) is 15.1. The molecule has 2 amide bonds. The fourth-order valence-electron chi connectivity index (χ4n) is 2.34. The van der Waals surface area contributed by atoms with Crippen molar-refractivity contribution in [2.45, 2.75) is 30.4 Å². The highest BCUT2D eigenvalue weighted by Gasteiger charge is 2.19. The van der Waals surface area contributed by atoms with Gasteiger partial charge in [0.15, 0.2) is 0 Å². The van der Waals surface area contributed by atoms with Crippen LogP contribution in [0.3, 0.4) is 0 Å². The molecule has 0 spiro atoms. The van der Waals surface area contributed by atoms with Gasteiger partial charge in [0.25, 0.3) is 0 Å². The maximum Gasteiger partial charge on any atom is 0.309 e. The second-order valence-corrected chi connectivity index (χ2v) is 8.11. The van der Waals surface area contributed by atoms with Gasteiger partial charge in [-0.1, -0.05) is 12.1 Å². The number of carbonyl (C=O) groups excluding carboxylic acids is 2. The molecule has 0 bridgehead atoms. The number of hydrogen-bond donors (Lipinski definition) is 2. The van der Waals surface area contributed by atoms with Gasteiger partial charge in [-0.3, -0.25) is 9.59 Å². The van der Waals surface area contributed by atoms with Crippen molar-refractivity contribution in [1.29, 1.82) is 0 Å². The number of sulfonamides is 1. The maximum atomic E-state index is 12.0. The van der Waals surface area contributed by atoms with Crippen molar-refractivity contribution < 1.29 is 22.7 Å². The molecule has 0 aromatic heterocycles. The zero-order chi connectivity index (χ0) is 18.4. The Hall–Kier alpha value is -1.97. The largest absolute Gasteiger partial charge is 0.376 e. The molecule has 1 aliphatic rings. The second-order valence-electron chi connectivity index (χ2n) is 5.96. The Bertz CT molecular complexity index is 710. The summed E-state index contributed by atoms with van der Waals surface area (Å²) < 4.78 is 30.4. The van der Waals surface area contributed by atoms with Gasteiger partial charge >= 0.3 is 11.8 Å². The minimum Gasteiger partial charge on any atom is -0.376 e. The Balaban J connectivity index is 1.82.